The second-order valence-corrected chi connectivity index (χ2v) is 9.32. The molecule has 1 N–H and O–H groups in total. The SMILES string of the molecule is COCCOc1ccc(N2C(=S)N[C@H](c3ccccn3)[C@H]2c2ccc(C)n2-c2ccccc2)cc1Cl. The molecular formula is C28H27ClN4O2S. The lowest BCUT2D eigenvalue weighted by Gasteiger charge is -2.29. The van der Waals surface area contributed by atoms with Crippen LogP contribution in [-0.4, -0.2) is 35.0 Å². The van der Waals surface area contributed by atoms with Crippen molar-refractivity contribution in [3.8, 4) is 11.4 Å². The first-order valence-corrected chi connectivity index (χ1v) is 12.5. The van der Waals surface area contributed by atoms with Gasteiger partial charge in [0.25, 0.3) is 0 Å². The molecule has 2 aromatic carbocycles. The van der Waals surface area contributed by atoms with E-state index in [2.05, 4.69) is 51.0 Å². The Hall–Kier alpha value is -3.39. The third kappa shape index (κ3) is 4.69. The number of hydrogen-bond acceptors (Lipinski definition) is 4. The molecule has 4 aromatic rings. The van der Waals surface area contributed by atoms with E-state index in [1.165, 1.54) is 0 Å². The van der Waals surface area contributed by atoms with E-state index < -0.39 is 0 Å². The van der Waals surface area contributed by atoms with Gasteiger partial charge in [-0.2, -0.15) is 0 Å². The van der Waals surface area contributed by atoms with Gasteiger partial charge in [-0.3, -0.25) is 4.98 Å². The zero-order chi connectivity index (χ0) is 25.1. The topological polar surface area (TPSA) is 51.6 Å². The molecule has 0 radical (unpaired) electrons. The van der Waals surface area contributed by atoms with Crippen LogP contribution in [0.4, 0.5) is 5.69 Å². The Morgan fingerprint density at radius 2 is 1.78 bits per heavy atom. The molecule has 1 aliphatic heterocycles. The van der Waals surface area contributed by atoms with Crippen molar-refractivity contribution in [3.63, 3.8) is 0 Å². The second kappa shape index (κ2) is 10.7. The first-order chi connectivity index (χ1) is 17.6. The average molecular weight is 519 g/mol. The fourth-order valence-corrected chi connectivity index (χ4v) is 5.22. The minimum Gasteiger partial charge on any atom is -0.490 e. The van der Waals surface area contributed by atoms with Gasteiger partial charge in [-0.15, -0.1) is 0 Å². The highest BCUT2D eigenvalue weighted by Crippen LogP contribution is 2.44. The van der Waals surface area contributed by atoms with Crippen LogP contribution in [0.3, 0.4) is 0 Å². The fourth-order valence-electron chi connectivity index (χ4n) is 4.64. The summed E-state index contributed by atoms with van der Waals surface area (Å²) in [6.07, 6.45) is 1.81. The van der Waals surface area contributed by atoms with Gasteiger partial charge in [0.1, 0.15) is 18.4 Å². The van der Waals surface area contributed by atoms with Gasteiger partial charge in [0.2, 0.25) is 0 Å². The summed E-state index contributed by atoms with van der Waals surface area (Å²) in [4.78, 5) is 6.78. The fraction of sp³-hybridized carbons (Fsp3) is 0.214. The van der Waals surface area contributed by atoms with Crippen molar-refractivity contribution in [2.45, 2.75) is 19.0 Å². The van der Waals surface area contributed by atoms with Crippen molar-refractivity contribution in [2.75, 3.05) is 25.2 Å². The molecule has 0 amide bonds. The Balaban J connectivity index is 1.61. The van der Waals surface area contributed by atoms with Crippen molar-refractivity contribution in [1.82, 2.24) is 14.9 Å². The number of halogens is 1. The van der Waals surface area contributed by atoms with Crippen LogP contribution < -0.4 is 15.0 Å². The lowest BCUT2D eigenvalue weighted by atomic mass is 10.0. The van der Waals surface area contributed by atoms with E-state index in [4.69, 9.17) is 33.3 Å². The highest BCUT2D eigenvalue weighted by atomic mass is 35.5. The van der Waals surface area contributed by atoms with Gasteiger partial charge in [-0.1, -0.05) is 35.9 Å². The van der Waals surface area contributed by atoms with Crippen LogP contribution in [0.5, 0.6) is 5.75 Å². The molecule has 1 aliphatic rings. The molecule has 5 rings (SSSR count). The molecule has 0 bridgehead atoms. The van der Waals surface area contributed by atoms with E-state index >= 15 is 0 Å². The summed E-state index contributed by atoms with van der Waals surface area (Å²) in [6, 6.07) is 26.0. The minimum absolute atomic E-state index is 0.160. The molecule has 1 saturated heterocycles. The number of nitrogens with zero attached hydrogens (tertiary/aromatic N) is 3. The van der Waals surface area contributed by atoms with Gasteiger partial charge >= 0.3 is 0 Å². The van der Waals surface area contributed by atoms with Gasteiger partial charge in [0.15, 0.2) is 5.11 Å². The van der Waals surface area contributed by atoms with E-state index in [1.807, 2.05) is 60.8 Å². The van der Waals surface area contributed by atoms with Crippen molar-refractivity contribution in [2.24, 2.45) is 0 Å². The Labute approximate surface area is 221 Å². The average Bonchev–Trinajstić information content (AvgIpc) is 3.45. The number of rotatable bonds is 8. The molecule has 36 heavy (non-hydrogen) atoms. The number of para-hydroxylation sites is 1. The summed E-state index contributed by atoms with van der Waals surface area (Å²) in [5.41, 5.74) is 5.11. The summed E-state index contributed by atoms with van der Waals surface area (Å²) >= 11 is 12.5. The van der Waals surface area contributed by atoms with E-state index in [9.17, 15) is 0 Å². The molecule has 0 unspecified atom stereocenters. The van der Waals surface area contributed by atoms with Crippen molar-refractivity contribution in [1.29, 1.82) is 0 Å². The Kier molecular flexibility index (Phi) is 7.23. The third-order valence-corrected chi connectivity index (χ3v) is 6.87. The van der Waals surface area contributed by atoms with Crippen LogP contribution in [-0.2, 0) is 4.74 Å². The highest BCUT2D eigenvalue weighted by molar-refractivity contribution is 7.80. The predicted molar refractivity (Wildman–Crippen MR) is 147 cm³/mol. The highest BCUT2D eigenvalue weighted by Gasteiger charge is 2.42. The molecule has 8 heteroatoms. The first-order valence-electron chi connectivity index (χ1n) is 11.7. The van der Waals surface area contributed by atoms with E-state index in [0.717, 1.165) is 28.5 Å². The van der Waals surface area contributed by atoms with Crippen LogP contribution in [0, 0.1) is 6.92 Å². The van der Waals surface area contributed by atoms with E-state index in [0.29, 0.717) is 29.1 Å². The maximum absolute atomic E-state index is 6.64. The number of thiocarbonyl (C=S) groups is 1. The van der Waals surface area contributed by atoms with Gasteiger partial charge in [-0.25, -0.2) is 0 Å². The van der Waals surface area contributed by atoms with Crippen molar-refractivity contribution < 1.29 is 9.47 Å². The molecule has 2 atom stereocenters. The van der Waals surface area contributed by atoms with Crippen molar-refractivity contribution >= 4 is 34.6 Å². The predicted octanol–water partition coefficient (Wildman–Crippen LogP) is 6.04. The molecule has 184 valence electrons. The van der Waals surface area contributed by atoms with E-state index in [1.54, 1.807) is 7.11 Å². The standard InChI is InChI=1S/C28H27ClN4O2S/c1-19-11-13-24(32(19)20-8-4-3-5-9-20)27-26(23-10-6-7-15-30-23)31-28(36)33(27)21-12-14-25(22(29)18-21)35-17-16-34-2/h3-15,18,26-27H,16-17H2,1-2H3,(H,31,36)/t26-,27-/m1/s1. The van der Waals surface area contributed by atoms with Crippen LogP contribution in [0.15, 0.2) is 85.1 Å². The number of aromatic nitrogens is 2. The smallest absolute Gasteiger partial charge is 0.174 e. The Morgan fingerprint density at radius 3 is 2.50 bits per heavy atom. The van der Waals surface area contributed by atoms with Crippen LogP contribution in [0.2, 0.25) is 5.02 Å². The Bertz CT molecular complexity index is 1350. The molecular weight excluding hydrogens is 492 g/mol. The number of benzene rings is 2. The summed E-state index contributed by atoms with van der Waals surface area (Å²) in [5, 5.41) is 4.65. The van der Waals surface area contributed by atoms with Gasteiger partial charge in [0, 0.05) is 36.1 Å². The molecule has 1 fully saturated rings. The molecule has 0 saturated carbocycles. The lowest BCUT2D eigenvalue weighted by molar-refractivity contribution is 0.146. The van der Waals surface area contributed by atoms with Gasteiger partial charge in [0.05, 0.1) is 23.4 Å². The van der Waals surface area contributed by atoms with Gasteiger partial charge in [-0.05, 0) is 73.7 Å². The molecule has 0 spiro atoms. The zero-order valence-electron chi connectivity index (χ0n) is 20.1. The maximum atomic E-state index is 6.64. The van der Waals surface area contributed by atoms with Crippen LogP contribution >= 0.6 is 23.8 Å². The summed E-state index contributed by atoms with van der Waals surface area (Å²) in [6.45, 7) is 3.02. The number of methoxy groups -OCH3 is 1. The largest absolute Gasteiger partial charge is 0.490 e. The monoisotopic (exact) mass is 518 g/mol. The Morgan fingerprint density at radius 1 is 0.972 bits per heavy atom. The minimum atomic E-state index is -0.169. The quantitative estimate of drug-likeness (QED) is 0.227. The molecule has 2 aromatic heterocycles. The summed E-state index contributed by atoms with van der Waals surface area (Å²) < 4.78 is 13.1. The molecule has 0 aliphatic carbocycles. The maximum Gasteiger partial charge on any atom is 0.174 e. The molecule has 6 nitrogen and oxygen atoms in total. The number of hydrogen-bond donors (Lipinski definition) is 1. The van der Waals surface area contributed by atoms with Crippen LogP contribution in [0.1, 0.15) is 29.2 Å². The second-order valence-electron chi connectivity index (χ2n) is 8.52. The third-order valence-electron chi connectivity index (χ3n) is 6.26. The number of ether oxygens (including phenoxy) is 2. The molecule has 3 heterocycles. The van der Waals surface area contributed by atoms with Crippen LogP contribution in [0.25, 0.3) is 5.69 Å². The normalized spacial score (nSPS) is 17.3. The number of aryl methyl sites for hydroxylation is 1. The lowest BCUT2D eigenvalue weighted by Crippen LogP contribution is -2.30. The zero-order valence-corrected chi connectivity index (χ0v) is 21.7. The van der Waals surface area contributed by atoms with Gasteiger partial charge < -0.3 is 24.3 Å². The van der Waals surface area contributed by atoms with Crippen molar-refractivity contribution in [3.05, 3.63) is 107 Å². The summed E-state index contributed by atoms with van der Waals surface area (Å²) in [5.74, 6) is 0.608. The number of nitrogens with one attached hydrogen (secondary N) is 1. The first kappa shape index (κ1) is 24.3. The summed E-state index contributed by atoms with van der Waals surface area (Å²) in [7, 11) is 1.64. The van der Waals surface area contributed by atoms with E-state index in [-0.39, 0.29) is 12.1 Å². The number of pyridine rings is 1. The number of anilines is 1.